The first-order chi connectivity index (χ1) is 8.20. The Kier molecular flexibility index (Phi) is 9.58. The van der Waals surface area contributed by atoms with Crippen LogP contribution in [-0.4, -0.2) is 50.8 Å². The smallest absolute Gasteiger partial charge is 0.293 e. The van der Waals surface area contributed by atoms with Crippen molar-refractivity contribution in [3.63, 3.8) is 0 Å². The first-order valence-electron chi connectivity index (χ1n) is 4.98. The van der Waals surface area contributed by atoms with Crippen molar-refractivity contribution in [1.29, 1.82) is 0 Å². The fourth-order valence-electron chi connectivity index (χ4n) is 0.910. The van der Waals surface area contributed by atoms with Crippen molar-refractivity contribution in [1.82, 2.24) is 10.3 Å². The van der Waals surface area contributed by atoms with Crippen molar-refractivity contribution >= 4 is 12.9 Å². The van der Waals surface area contributed by atoms with Gasteiger partial charge in [-0.15, -0.1) is 0 Å². The molecule has 0 aliphatic carbocycles. The molecule has 1 amide bonds. The van der Waals surface area contributed by atoms with Gasteiger partial charge in [0.1, 0.15) is 6.61 Å². The van der Waals surface area contributed by atoms with Crippen molar-refractivity contribution in [3.05, 3.63) is 11.9 Å². The van der Waals surface area contributed by atoms with E-state index in [0.29, 0.717) is 38.3 Å². The third-order valence-electron chi connectivity index (χ3n) is 1.63. The van der Waals surface area contributed by atoms with Crippen molar-refractivity contribution in [2.24, 2.45) is 11.6 Å². The van der Waals surface area contributed by atoms with Gasteiger partial charge in [-0.2, -0.15) is 0 Å². The number of carbonyl (C=O) groups excluding carboxylic acids is 2. The molecule has 0 aromatic carbocycles. The summed E-state index contributed by atoms with van der Waals surface area (Å²) in [5, 5.41) is 3.76. The van der Waals surface area contributed by atoms with Crippen molar-refractivity contribution in [2.75, 3.05) is 32.9 Å². The highest BCUT2D eigenvalue weighted by molar-refractivity contribution is 5.46. The molecule has 8 heteroatoms. The predicted molar refractivity (Wildman–Crippen MR) is 60.1 cm³/mol. The van der Waals surface area contributed by atoms with E-state index in [2.05, 4.69) is 10.1 Å². The third kappa shape index (κ3) is 10.5. The summed E-state index contributed by atoms with van der Waals surface area (Å²) in [6.07, 6.45) is 2.06. The summed E-state index contributed by atoms with van der Waals surface area (Å²) in [5.41, 5.74) is 5.98. The lowest BCUT2D eigenvalue weighted by Crippen LogP contribution is -2.32. The minimum Gasteiger partial charge on any atom is -0.465 e. The average molecular weight is 246 g/mol. The van der Waals surface area contributed by atoms with Gasteiger partial charge in [-0.25, -0.2) is 5.84 Å². The molecule has 0 radical (unpaired) electrons. The van der Waals surface area contributed by atoms with Crippen molar-refractivity contribution in [2.45, 2.75) is 0 Å². The Hall–Kier alpha value is -1.80. The van der Waals surface area contributed by atoms with Crippen LogP contribution in [0.1, 0.15) is 0 Å². The molecular weight excluding hydrogens is 228 g/mol. The minimum absolute atomic E-state index is 0.218. The number of carbonyl (C=O) groups is 2. The Balaban J connectivity index is 3.53. The number of amides is 1. The van der Waals surface area contributed by atoms with Gasteiger partial charge < -0.3 is 25.5 Å². The number of ether oxygens (including phenoxy) is 2. The fraction of sp³-hybridized carbons (Fsp3) is 0.556. The highest BCUT2D eigenvalue weighted by Crippen LogP contribution is 1.86. The molecule has 8 nitrogen and oxygen atoms in total. The average Bonchev–Trinajstić information content (AvgIpc) is 2.31. The van der Waals surface area contributed by atoms with E-state index in [9.17, 15) is 9.59 Å². The zero-order valence-electron chi connectivity index (χ0n) is 9.50. The standard InChI is InChI=1S/C9H18N4O4/c10-9(5-12-7-14)6-13(11)1-2-16-3-4-17-8-15/h6-8H,1-5,10-11H2,(H,12,14)/b9-6-. The molecule has 0 heterocycles. The van der Waals surface area contributed by atoms with Gasteiger partial charge in [-0.05, 0) is 0 Å². The van der Waals surface area contributed by atoms with Crippen molar-refractivity contribution in [3.8, 4) is 0 Å². The second-order valence-corrected chi connectivity index (χ2v) is 3.02. The van der Waals surface area contributed by atoms with Gasteiger partial charge in [0.2, 0.25) is 6.41 Å². The molecular formula is C9H18N4O4. The van der Waals surface area contributed by atoms with Gasteiger partial charge in [0.15, 0.2) is 0 Å². The molecule has 0 rings (SSSR count). The molecule has 0 bridgehead atoms. The first kappa shape index (κ1) is 15.2. The Labute approximate surface area is 99.5 Å². The summed E-state index contributed by atoms with van der Waals surface area (Å²) >= 11 is 0. The third-order valence-corrected chi connectivity index (χ3v) is 1.63. The molecule has 17 heavy (non-hydrogen) atoms. The molecule has 0 aliphatic heterocycles. The Morgan fingerprint density at radius 1 is 1.29 bits per heavy atom. The van der Waals surface area contributed by atoms with Crippen LogP contribution >= 0.6 is 0 Å². The SMILES string of the molecule is N/C(=C\N(N)CCOCCOC=O)CNC=O. The van der Waals surface area contributed by atoms with E-state index in [1.54, 1.807) is 0 Å². The number of rotatable bonds is 11. The number of nitrogens with one attached hydrogen (secondary N) is 1. The van der Waals surface area contributed by atoms with E-state index < -0.39 is 0 Å². The summed E-state index contributed by atoms with van der Waals surface area (Å²) < 4.78 is 9.55. The number of hydrogen-bond acceptors (Lipinski definition) is 7. The van der Waals surface area contributed by atoms with Gasteiger partial charge >= 0.3 is 0 Å². The molecule has 0 saturated heterocycles. The fourth-order valence-corrected chi connectivity index (χ4v) is 0.910. The summed E-state index contributed by atoms with van der Waals surface area (Å²) in [6.45, 7) is 1.95. The molecule has 98 valence electrons. The Morgan fingerprint density at radius 2 is 2.06 bits per heavy atom. The van der Waals surface area contributed by atoms with E-state index >= 15 is 0 Å². The van der Waals surface area contributed by atoms with Gasteiger partial charge in [0.05, 0.1) is 26.3 Å². The van der Waals surface area contributed by atoms with Crippen LogP contribution in [0.15, 0.2) is 11.9 Å². The van der Waals surface area contributed by atoms with E-state index in [-0.39, 0.29) is 13.2 Å². The summed E-state index contributed by atoms with van der Waals surface area (Å²) in [7, 11) is 0. The zero-order chi connectivity index (χ0) is 12.9. The molecule has 5 N–H and O–H groups in total. The number of hydrazine groups is 1. The van der Waals surface area contributed by atoms with Gasteiger partial charge in [0, 0.05) is 11.9 Å². The van der Waals surface area contributed by atoms with Gasteiger partial charge in [0.25, 0.3) is 6.47 Å². The van der Waals surface area contributed by atoms with Crippen LogP contribution in [0.25, 0.3) is 0 Å². The normalized spacial score (nSPS) is 10.8. The molecule has 0 aromatic rings. The van der Waals surface area contributed by atoms with Crippen LogP contribution in [0, 0.1) is 0 Å². The summed E-state index contributed by atoms with van der Waals surface area (Å²) in [4.78, 5) is 19.8. The Morgan fingerprint density at radius 3 is 2.71 bits per heavy atom. The number of nitrogens with two attached hydrogens (primary N) is 2. The highest BCUT2D eigenvalue weighted by Gasteiger charge is 1.96. The quantitative estimate of drug-likeness (QED) is 0.165. The predicted octanol–water partition coefficient (Wildman–Crippen LogP) is -2.10. The maximum atomic E-state index is 10.00. The van der Waals surface area contributed by atoms with Crippen LogP contribution in [0.5, 0.6) is 0 Å². The molecule has 0 aliphatic rings. The van der Waals surface area contributed by atoms with Crippen LogP contribution < -0.4 is 16.9 Å². The van der Waals surface area contributed by atoms with Crippen LogP contribution in [-0.2, 0) is 19.1 Å². The van der Waals surface area contributed by atoms with Crippen molar-refractivity contribution < 1.29 is 19.1 Å². The molecule has 0 unspecified atom stereocenters. The molecule has 0 spiro atoms. The zero-order valence-corrected chi connectivity index (χ0v) is 9.50. The Bertz CT molecular complexity index is 247. The van der Waals surface area contributed by atoms with Gasteiger partial charge in [-0.3, -0.25) is 9.59 Å². The second kappa shape index (κ2) is 10.7. The van der Waals surface area contributed by atoms with E-state index in [4.69, 9.17) is 16.3 Å². The molecule has 0 fully saturated rings. The highest BCUT2D eigenvalue weighted by atomic mass is 16.5. The molecule has 0 aromatic heterocycles. The monoisotopic (exact) mass is 246 g/mol. The van der Waals surface area contributed by atoms with E-state index in [0.717, 1.165) is 0 Å². The lowest BCUT2D eigenvalue weighted by atomic mass is 10.4. The van der Waals surface area contributed by atoms with Crippen LogP contribution in [0.2, 0.25) is 0 Å². The maximum Gasteiger partial charge on any atom is 0.293 e. The van der Waals surface area contributed by atoms with Crippen LogP contribution in [0.3, 0.4) is 0 Å². The number of nitrogens with zero attached hydrogens (tertiary/aromatic N) is 1. The van der Waals surface area contributed by atoms with E-state index in [1.165, 1.54) is 11.2 Å². The van der Waals surface area contributed by atoms with Crippen LogP contribution in [0.4, 0.5) is 0 Å². The van der Waals surface area contributed by atoms with E-state index in [1.807, 2.05) is 0 Å². The maximum absolute atomic E-state index is 10.00. The lowest BCUT2D eigenvalue weighted by molar-refractivity contribution is -0.130. The number of hydrogen-bond donors (Lipinski definition) is 3. The minimum atomic E-state index is 0.218. The molecule has 0 atom stereocenters. The lowest BCUT2D eigenvalue weighted by Gasteiger charge is -2.14. The summed E-state index contributed by atoms with van der Waals surface area (Å²) in [6, 6.07) is 0. The topological polar surface area (TPSA) is 120 Å². The van der Waals surface area contributed by atoms with Gasteiger partial charge in [-0.1, -0.05) is 0 Å². The largest absolute Gasteiger partial charge is 0.465 e. The molecule has 0 saturated carbocycles. The summed E-state index contributed by atoms with van der Waals surface area (Å²) in [5.74, 6) is 5.58. The second-order valence-electron chi connectivity index (χ2n) is 3.02. The first-order valence-corrected chi connectivity index (χ1v) is 4.98.